The van der Waals surface area contributed by atoms with Crippen LogP contribution < -0.4 is 19.7 Å². The molecule has 0 aliphatic carbocycles. The number of pyridine rings is 1. The quantitative estimate of drug-likeness (QED) is 0.856. The fourth-order valence-electron chi connectivity index (χ4n) is 2.99. The number of benzene rings is 1. The second-order valence-electron chi connectivity index (χ2n) is 5.74. The predicted molar refractivity (Wildman–Crippen MR) is 97.6 cm³/mol. The van der Waals surface area contributed by atoms with Crippen molar-refractivity contribution in [3.8, 4) is 11.5 Å². The third-order valence-corrected chi connectivity index (χ3v) is 4.45. The van der Waals surface area contributed by atoms with Crippen LogP contribution in [0.5, 0.6) is 11.5 Å². The summed E-state index contributed by atoms with van der Waals surface area (Å²) in [6.45, 7) is 2.76. The summed E-state index contributed by atoms with van der Waals surface area (Å²) < 4.78 is 10.6. The fourth-order valence-corrected chi connectivity index (χ4v) is 3.30. The maximum Gasteiger partial charge on any atom is 0.179 e. The van der Waals surface area contributed by atoms with Gasteiger partial charge in [-0.2, -0.15) is 0 Å². The second-order valence-corrected chi connectivity index (χ2v) is 6.14. The van der Waals surface area contributed by atoms with Crippen LogP contribution in [-0.4, -0.2) is 32.3 Å². The average molecular weight is 348 g/mol. The van der Waals surface area contributed by atoms with Gasteiger partial charge in [0.05, 0.1) is 24.9 Å². The third-order valence-electron chi connectivity index (χ3n) is 4.17. The van der Waals surface area contributed by atoms with Crippen molar-refractivity contribution in [2.45, 2.75) is 19.4 Å². The topological polar surface area (TPSA) is 46.6 Å². The van der Waals surface area contributed by atoms with Crippen LogP contribution in [-0.2, 0) is 6.54 Å². The Labute approximate surface area is 147 Å². The van der Waals surface area contributed by atoms with Crippen LogP contribution in [0.3, 0.4) is 0 Å². The highest BCUT2D eigenvalue weighted by atomic mass is 35.5. The number of aromatic nitrogens is 1. The molecule has 2 heterocycles. The van der Waals surface area contributed by atoms with Crippen LogP contribution in [0.15, 0.2) is 30.5 Å². The van der Waals surface area contributed by atoms with Crippen LogP contribution in [0.1, 0.15) is 18.4 Å². The molecule has 1 saturated heterocycles. The Morgan fingerprint density at radius 1 is 1.21 bits per heavy atom. The van der Waals surface area contributed by atoms with Gasteiger partial charge in [-0.1, -0.05) is 11.6 Å². The first kappa shape index (κ1) is 16.7. The van der Waals surface area contributed by atoms with Gasteiger partial charge in [0.1, 0.15) is 0 Å². The van der Waals surface area contributed by atoms with E-state index >= 15 is 0 Å². The average Bonchev–Trinajstić information content (AvgIpc) is 3.14. The van der Waals surface area contributed by atoms with E-state index in [1.165, 1.54) is 12.8 Å². The van der Waals surface area contributed by atoms with Crippen LogP contribution in [0.2, 0.25) is 5.02 Å². The summed E-state index contributed by atoms with van der Waals surface area (Å²) in [5, 5.41) is 4.00. The summed E-state index contributed by atoms with van der Waals surface area (Å²) in [7, 11) is 3.19. The monoisotopic (exact) mass is 347 g/mol. The summed E-state index contributed by atoms with van der Waals surface area (Å²) >= 11 is 6.28. The van der Waals surface area contributed by atoms with Crippen LogP contribution >= 0.6 is 11.6 Å². The summed E-state index contributed by atoms with van der Waals surface area (Å²) in [5.74, 6) is 2.20. The standard InChI is InChI=1S/C18H22ClN3O2/c1-23-16-11-13(10-14(19)17(16)24-2)12-21-15-6-5-7-20-18(15)22-8-3-4-9-22/h5-7,10-11,21H,3-4,8-9,12H2,1-2H3. The lowest BCUT2D eigenvalue weighted by molar-refractivity contribution is 0.355. The molecule has 1 aliphatic heterocycles. The van der Waals surface area contributed by atoms with E-state index in [2.05, 4.69) is 21.3 Å². The molecule has 0 atom stereocenters. The smallest absolute Gasteiger partial charge is 0.179 e. The largest absolute Gasteiger partial charge is 0.493 e. The predicted octanol–water partition coefficient (Wildman–Crippen LogP) is 3.96. The lowest BCUT2D eigenvalue weighted by atomic mass is 10.2. The number of methoxy groups -OCH3 is 2. The van der Waals surface area contributed by atoms with Gasteiger partial charge in [0.2, 0.25) is 0 Å². The lowest BCUT2D eigenvalue weighted by Gasteiger charge is -2.20. The Morgan fingerprint density at radius 2 is 2.00 bits per heavy atom. The van der Waals surface area contributed by atoms with Crippen molar-refractivity contribution in [1.29, 1.82) is 0 Å². The van der Waals surface area contributed by atoms with E-state index in [0.717, 1.165) is 30.2 Å². The molecule has 0 unspecified atom stereocenters. The minimum atomic E-state index is 0.541. The molecule has 0 spiro atoms. The molecular formula is C18H22ClN3O2. The molecule has 1 N–H and O–H groups in total. The molecule has 1 fully saturated rings. The molecule has 0 radical (unpaired) electrons. The Morgan fingerprint density at radius 3 is 2.71 bits per heavy atom. The Bertz CT molecular complexity index is 703. The van der Waals surface area contributed by atoms with Gasteiger partial charge < -0.3 is 19.7 Å². The number of hydrogen-bond acceptors (Lipinski definition) is 5. The Kier molecular flexibility index (Phi) is 5.30. The van der Waals surface area contributed by atoms with E-state index in [1.54, 1.807) is 14.2 Å². The van der Waals surface area contributed by atoms with Crippen LogP contribution in [0.25, 0.3) is 0 Å². The van der Waals surface area contributed by atoms with Crippen molar-refractivity contribution in [2.75, 3.05) is 37.5 Å². The van der Waals surface area contributed by atoms with E-state index in [-0.39, 0.29) is 0 Å². The molecule has 0 bridgehead atoms. The highest BCUT2D eigenvalue weighted by Gasteiger charge is 2.17. The summed E-state index contributed by atoms with van der Waals surface area (Å²) in [6, 6.07) is 7.83. The highest BCUT2D eigenvalue weighted by Crippen LogP contribution is 2.36. The Hall–Kier alpha value is -2.14. The summed E-state index contributed by atoms with van der Waals surface area (Å²) in [6.07, 6.45) is 4.29. The third kappa shape index (κ3) is 3.51. The number of rotatable bonds is 6. The molecule has 1 aromatic heterocycles. The maximum atomic E-state index is 6.28. The fraction of sp³-hybridized carbons (Fsp3) is 0.389. The van der Waals surface area contributed by atoms with E-state index in [1.807, 2.05) is 24.4 Å². The number of nitrogens with one attached hydrogen (secondary N) is 1. The van der Waals surface area contributed by atoms with E-state index in [0.29, 0.717) is 23.1 Å². The minimum Gasteiger partial charge on any atom is -0.493 e. The molecule has 6 heteroatoms. The lowest BCUT2D eigenvalue weighted by Crippen LogP contribution is -2.20. The molecule has 5 nitrogen and oxygen atoms in total. The van der Waals surface area contributed by atoms with Gasteiger partial charge in [-0.05, 0) is 42.7 Å². The molecular weight excluding hydrogens is 326 g/mol. The molecule has 0 saturated carbocycles. The SMILES string of the molecule is COc1cc(CNc2cccnc2N2CCCC2)cc(Cl)c1OC. The summed E-state index contributed by atoms with van der Waals surface area (Å²) in [5.41, 5.74) is 2.05. The first-order chi connectivity index (χ1) is 11.7. The Balaban J connectivity index is 1.78. The zero-order chi connectivity index (χ0) is 16.9. The maximum absolute atomic E-state index is 6.28. The molecule has 128 valence electrons. The van der Waals surface area contributed by atoms with Crippen LogP contribution in [0.4, 0.5) is 11.5 Å². The highest BCUT2D eigenvalue weighted by molar-refractivity contribution is 6.32. The molecule has 2 aromatic rings. The van der Waals surface area contributed by atoms with Gasteiger partial charge in [0, 0.05) is 25.8 Å². The van der Waals surface area contributed by atoms with Crippen molar-refractivity contribution in [3.05, 3.63) is 41.0 Å². The zero-order valence-electron chi connectivity index (χ0n) is 14.0. The number of anilines is 2. The van der Waals surface area contributed by atoms with Gasteiger partial charge in [-0.3, -0.25) is 0 Å². The van der Waals surface area contributed by atoms with Gasteiger partial charge in [-0.25, -0.2) is 4.98 Å². The van der Waals surface area contributed by atoms with Crippen molar-refractivity contribution < 1.29 is 9.47 Å². The molecule has 24 heavy (non-hydrogen) atoms. The first-order valence-corrected chi connectivity index (χ1v) is 8.45. The van der Waals surface area contributed by atoms with Gasteiger partial charge >= 0.3 is 0 Å². The van der Waals surface area contributed by atoms with Gasteiger partial charge in [-0.15, -0.1) is 0 Å². The zero-order valence-corrected chi connectivity index (χ0v) is 14.8. The molecule has 1 aliphatic rings. The van der Waals surface area contributed by atoms with Crippen molar-refractivity contribution >= 4 is 23.1 Å². The number of ether oxygens (including phenoxy) is 2. The minimum absolute atomic E-state index is 0.541. The number of halogens is 1. The number of nitrogens with zero attached hydrogens (tertiary/aromatic N) is 2. The van der Waals surface area contributed by atoms with Crippen molar-refractivity contribution in [3.63, 3.8) is 0 Å². The van der Waals surface area contributed by atoms with Crippen molar-refractivity contribution in [1.82, 2.24) is 4.98 Å². The number of hydrogen-bond donors (Lipinski definition) is 1. The summed E-state index contributed by atoms with van der Waals surface area (Å²) in [4.78, 5) is 6.87. The van der Waals surface area contributed by atoms with Crippen molar-refractivity contribution in [2.24, 2.45) is 0 Å². The van der Waals surface area contributed by atoms with Crippen LogP contribution in [0, 0.1) is 0 Å². The normalized spacial score (nSPS) is 13.9. The van der Waals surface area contributed by atoms with Gasteiger partial charge in [0.15, 0.2) is 17.3 Å². The molecule has 0 amide bonds. The van der Waals surface area contributed by atoms with E-state index in [4.69, 9.17) is 21.1 Å². The second kappa shape index (κ2) is 7.62. The van der Waals surface area contributed by atoms with E-state index < -0.39 is 0 Å². The first-order valence-electron chi connectivity index (χ1n) is 8.07. The van der Waals surface area contributed by atoms with E-state index in [9.17, 15) is 0 Å². The molecule has 3 rings (SSSR count). The molecule has 1 aromatic carbocycles. The van der Waals surface area contributed by atoms with Gasteiger partial charge in [0.25, 0.3) is 0 Å².